The van der Waals surface area contributed by atoms with Crippen molar-refractivity contribution in [3.05, 3.63) is 77.7 Å². The van der Waals surface area contributed by atoms with Crippen LogP contribution >= 0.6 is 0 Å². The number of aromatic nitrogens is 2. The predicted molar refractivity (Wildman–Crippen MR) is 95.4 cm³/mol. The van der Waals surface area contributed by atoms with E-state index in [1.165, 1.54) is 30.5 Å². The van der Waals surface area contributed by atoms with E-state index in [0.29, 0.717) is 24.7 Å². The van der Waals surface area contributed by atoms with Crippen molar-refractivity contribution in [2.45, 2.75) is 12.6 Å². The molecule has 0 saturated carbocycles. The Hall–Kier alpha value is -3.16. The van der Waals surface area contributed by atoms with E-state index in [2.05, 4.69) is 20.6 Å². The highest BCUT2D eigenvalue weighted by Crippen LogP contribution is 2.31. The van der Waals surface area contributed by atoms with Crippen molar-refractivity contribution in [1.29, 1.82) is 0 Å². The number of nitrogens with zero attached hydrogens (tertiary/aromatic N) is 2. The molecule has 1 aromatic heterocycles. The fourth-order valence-electron chi connectivity index (χ4n) is 2.40. The van der Waals surface area contributed by atoms with E-state index in [9.17, 15) is 17.6 Å². The molecule has 3 aromatic rings. The van der Waals surface area contributed by atoms with Crippen molar-refractivity contribution in [1.82, 2.24) is 9.97 Å². The number of halogens is 4. The Balaban J connectivity index is 1.61. The number of hydrogen-bond acceptors (Lipinski definition) is 4. The summed E-state index contributed by atoms with van der Waals surface area (Å²) in [5, 5.41) is 5.87. The van der Waals surface area contributed by atoms with Gasteiger partial charge in [0.2, 0.25) is 5.95 Å². The fourth-order valence-corrected chi connectivity index (χ4v) is 2.40. The maximum Gasteiger partial charge on any atom is 0.416 e. The molecule has 4 nitrogen and oxygen atoms in total. The summed E-state index contributed by atoms with van der Waals surface area (Å²) in [6, 6.07) is 12.6. The zero-order valence-electron chi connectivity index (χ0n) is 14.1. The fraction of sp³-hybridized carbons (Fsp3) is 0.158. The summed E-state index contributed by atoms with van der Waals surface area (Å²) in [6.45, 7) is 0.526. The molecule has 0 amide bonds. The summed E-state index contributed by atoms with van der Waals surface area (Å²) >= 11 is 0. The molecule has 0 spiro atoms. The predicted octanol–water partition coefficient (Wildman–Crippen LogP) is 5.03. The lowest BCUT2D eigenvalue weighted by Gasteiger charge is -2.11. The van der Waals surface area contributed by atoms with Crippen LogP contribution in [0.25, 0.3) is 0 Å². The van der Waals surface area contributed by atoms with Crippen LogP contribution in [-0.4, -0.2) is 16.5 Å². The van der Waals surface area contributed by atoms with Gasteiger partial charge in [0.15, 0.2) is 0 Å². The van der Waals surface area contributed by atoms with Crippen LogP contribution < -0.4 is 10.6 Å². The Morgan fingerprint density at radius 3 is 2.48 bits per heavy atom. The second-order valence-corrected chi connectivity index (χ2v) is 5.77. The van der Waals surface area contributed by atoms with Gasteiger partial charge in [0.05, 0.1) is 5.56 Å². The molecule has 0 atom stereocenters. The zero-order valence-corrected chi connectivity index (χ0v) is 14.1. The van der Waals surface area contributed by atoms with Crippen LogP contribution in [0.5, 0.6) is 0 Å². The normalized spacial score (nSPS) is 11.3. The van der Waals surface area contributed by atoms with Crippen LogP contribution in [0.4, 0.5) is 35.0 Å². The van der Waals surface area contributed by atoms with Gasteiger partial charge in [-0.1, -0.05) is 18.2 Å². The molecule has 1 heterocycles. The summed E-state index contributed by atoms with van der Waals surface area (Å²) in [7, 11) is 0. The Labute approximate surface area is 153 Å². The van der Waals surface area contributed by atoms with Gasteiger partial charge in [-0.05, 0) is 48.4 Å². The second kappa shape index (κ2) is 8.03. The van der Waals surface area contributed by atoms with Crippen molar-refractivity contribution in [2.75, 3.05) is 17.2 Å². The number of hydrogen-bond donors (Lipinski definition) is 2. The summed E-state index contributed by atoms with van der Waals surface area (Å²) in [4.78, 5) is 8.31. The Morgan fingerprint density at radius 1 is 0.963 bits per heavy atom. The van der Waals surface area contributed by atoms with E-state index >= 15 is 0 Å². The first-order valence-electron chi connectivity index (χ1n) is 8.16. The SMILES string of the molecule is Fc1ccc(CCNc2nccc(Nc3cccc(C(F)(F)F)c3)n2)cc1. The molecule has 2 N–H and O–H groups in total. The van der Waals surface area contributed by atoms with Crippen LogP contribution in [0.3, 0.4) is 0 Å². The smallest absolute Gasteiger partial charge is 0.354 e. The standard InChI is InChI=1S/C19H16F4N4/c20-15-6-4-13(5-7-15)8-10-24-18-25-11-9-17(27-18)26-16-3-1-2-14(12-16)19(21,22)23/h1-7,9,11-12H,8,10H2,(H2,24,25,26,27). The van der Waals surface area contributed by atoms with Gasteiger partial charge in [-0.3, -0.25) is 0 Å². The largest absolute Gasteiger partial charge is 0.416 e. The molecule has 0 aliphatic rings. The number of anilines is 3. The summed E-state index contributed by atoms with van der Waals surface area (Å²) in [6.07, 6.45) is -2.26. The number of alkyl halides is 3. The molecular formula is C19H16F4N4. The van der Waals surface area contributed by atoms with Gasteiger partial charge >= 0.3 is 6.18 Å². The van der Waals surface area contributed by atoms with Crippen LogP contribution in [-0.2, 0) is 12.6 Å². The summed E-state index contributed by atoms with van der Waals surface area (Å²) in [5.74, 6) is 0.422. The molecule has 0 bridgehead atoms. The van der Waals surface area contributed by atoms with Crippen LogP contribution in [0, 0.1) is 5.82 Å². The lowest BCUT2D eigenvalue weighted by Crippen LogP contribution is -2.09. The summed E-state index contributed by atoms with van der Waals surface area (Å²) in [5.41, 5.74) is 0.502. The Kier molecular flexibility index (Phi) is 5.54. The average Bonchev–Trinajstić information content (AvgIpc) is 2.63. The molecule has 2 aromatic carbocycles. The molecule has 0 aliphatic heterocycles. The highest BCUT2D eigenvalue weighted by atomic mass is 19.4. The Morgan fingerprint density at radius 2 is 1.74 bits per heavy atom. The molecule has 0 unspecified atom stereocenters. The van der Waals surface area contributed by atoms with Gasteiger partial charge in [0.1, 0.15) is 11.6 Å². The van der Waals surface area contributed by atoms with E-state index in [1.54, 1.807) is 18.2 Å². The molecule has 0 saturated heterocycles. The first-order valence-corrected chi connectivity index (χ1v) is 8.16. The van der Waals surface area contributed by atoms with Gasteiger partial charge in [0.25, 0.3) is 0 Å². The van der Waals surface area contributed by atoms with Gasteiger partial charge < -0.3 is 10.6 Å². The van der Waals surface area contributed by atoms with Gasteiger partial charge in [0, 0.05) is 18.4 Å². The first kappa shape index (κ1) is 18.6. The van der Waals surface area contributed by atoms with E-state index in [-0.39, 0.29) is 11.5 Å². The summed E-state index contributed by atoms with van der Waals surface area (Å²) < 4.78 is 51.2. The monoisotopic (exact) mass is 376 g/mol. The lowest BCUT2D eigenvalue weighted by molar-refractivity contribution is -0.137. The molecule has 3 rings (SSSR count). The molecule has 140 valence electrons. The molecule has 0 aliphatic carbocycles. The van der Waals surface area contributed by atoms with Crippen molar-refractivity contribution in [3.63, 3.8) is 0 Å². The van der Waals surface area contributed by atoms with Crippen molar-refractivity contribution in [3.8, 4) is 0 Å². The average molecular weight is 376 g/mol. The lowest BCUT2D eigenvalue weighted by atomic mass is 10.1. The van der Waals surface area contributed by atoms with Gasteiger partial charge in [-0.25, -0.2) is 9.37 Å². The highest BCUT2D eigenvalue weighted by Gasteiger charge is 2.30. The minimum atomic E-state index is -4.41. The van der Waals surface area contributed by atoms with Crippen LogP contribution in [0.15, 0.2) is 60.8 Å². The molecular weight excluding hydrogens is 360 g/mol. The van der Waals surface area contributed by atoms with E-state index < -0.39 is 11.7 Å². The van der Waals surface area contributed by atoms with Crippen molar-refractivity contribution in [2.24, 2.45) is 0 Å². The topological polar surface area (TPSA) is 49.8 Å². The number of benzene rings is 2. The van der Waals surface area contributed by atoms with Gasteiger partial charge in [-0.15, -0.1) is 0 Å². The zero-order chi connectivity index (χ0) is 19.3. The highest BCUT2D eigenvalue weighted by molar-refractivity contribution is 5.58. The third-order valence-corrected chi connectivity index (χ3v) is 3.73. The van der Waals surface area contributed by atoms with E-state index in [4.69, 9.17) is 0 Å². The van der Waals surface area contributed by atoms with E-state index in [0.717, 1.165) is 17.7 Å². The number of nitrogens with one attached hydrogen (secondary N) is 2. The minimum absolute atomic E-state index is 0.279. The van der Waals surface area contributed by atoms with Crippen molar-refractivity contribution >= 4 is 17.5 Å². The number of rotatable bonds is 6. The molecule has 0 fully saturated rings. The maximum atomic E-state index is 12.9. The second-order valence-electron chi connectivity index (χ2n) is 5.77. The third-order valence-electron chi connectivity index (χ3n) is 3.73. The quantitative estimate of drug-likeness (QED) is 0.592. The minimum Gasteiger partial charge on any atom is -0.354 e. The molecule has 27 heavy (non-hydrogen) atoms. The van der Waals surface area contributed by atoms with E-state index in [1.807, 2.05) is 0 Å². The van der Waals surface area contributed by atoms with Crippen LogP contribution in [0.1, 0.15) is 11.1 Å². The Bertz CT molecular complexity index is 895. The van der Waals surface area contributed by atoms with Crippen molar-refractivity contribution < 1.29 is 17.6 Å². The molecule has 8 heteroatoms. The first-order chi connectivity index (χ1) is 12.9. The molecule has 0 radical (unpaired) electrons. The maximum absolute atomic E-state index is 12.9. The van der Waals surface area contributed by atoms with Crippen LogP contribution in [0.2, 0.25) is 0 Å². The third kappa shape index (κ3) is 5.40. The van der Waals surface area contributed by atoms with Gasteiger partial charge in [-0.2, -0.15) is 18.2 Å².